The molecule has 0 amide bonds. The Morgan fingerprint density at radius 2 is 2.14 bits per heavy atom. The molecule has 0 aliphatic rings. The molecule has 0 aliphatic heterocycles. The first-order valence-electron chi connectivity index (χ1n) is 6.07. The standard InChI is InChI=1S/C8H7IO2.C5H5N5O/c1-5-3-2-4-6(7(5)9)8(10)11;6-5-9-3-2(4(11)10-5)7-1-8-3/h2-4H,1H3,(H,10,11);1H,(H4,6,7,8,9,10,11). The van der Waals surface area contributed by atoms with E-state index in [4.69, 9.17) is 10.8 Å². The number of benzene rings is 1. The zero-order chi connectivity index (χ0) is 16.3. The molecule has 0 unspecified atom stereocenters. The molecule has 0 atom stereocenters. The van der Waals surface area contributed by atoms with Crippen LogP contribution >= 0.6 is 22.6 Å². The van der Waals surface area contributed by atoms with Crippen molar-refractivity contribution in [3.8, 4) is 0 Å². The van der Waals surface area contributed by atoms with Gasteiger partial charge in [0.25, 0.3) is 5.56 Å². The van der Waals surface area contributed by atoms with E-state index >= 15 is 0 Å². The van der Waals surface area contributed by atoms with Crippen molar-refractivity contribution < 1.29 is 9.90 Å². The molecule has 0 aliphatic carbocycles. The Hall–Kier alpha value is -2.43. The number of hydrogen-bond donors (Lipinski definition) is 4. The molecule has 1 aromatic carbocycles. The van der Waals surface area contributed by atoms with E-state index in [1.807, 2.05) is 35.6 Å². The van der Waals surface area contributed by atoms with Crippen molar-refractivity contribution in [2.45, 2.75) is 6.92 Å². The fourth-order valence-electron chi connectivity index (χ4n) is 1.67. The molecule has 22 heavy (non-hydrogen) atoms. The van der Waals surface area contributed by atoms with E-state index in [-0.39, 0.29) is 11.5 Å². The molecular formula is C13H12IN5O3. The van der Waals surface area contributed by atoms with Crippen molar-refractivity contribution in [2.75, 3.05) is 5.73 Å². The van der Waals surface area contributed by atoms with E-state index in [1.165, 1.54) is 6.33 Å². The van der Waals surface area contributed by atoms with Crippen LogP contribution in [0.3, 0.4) is 0 Å². The number of H-pyrrole nitrogens is 2. The Kier molecular flexibility index (Phi) is 4.75. The Bertz CT molecular complexity index is 887. The third kappa shape index (κ3) is 3.42. The first-order chi connectivity index (χ1) is 10.4. The quantitative estimate of drug-likeness (QED) is 0.447. The minimum atomic E-state index is -0.863. The van der Waals surface area contributed by atoms with Crippen LogP contribution < -0.4 is 11.3 Å². The van der Waals surface area contributed by atoms with E-state index in [0.717, 1.165) is 9.13 Å². The van der Waals surface area contributed by atoms with Crippen LogP contribution in [0.25, 0.3) is 11.2 Å². The van der Waals surface area contributed by atoms with Gasteiger partial charge < -0.3 is 15.8 Å². The first-order valence-corrected chi connectivity index (χ1v) is 7.15. The zero-order valence-corrected chi connectivity index (χ0v) is 13.6. The number of hydrogen-bond acceptors (Lipinski definition) is 5. The monoisotopic (exact) mass is 413 g/mol. The molecule has 0 spiro atoms. The Balaban J connectivity index is 0.000000160. The topological polar surface area (TPSA) is 138 Å². The number of aryl methyl sites for hydroxylation is 1. The lowest BCUT2D eigenvalue weighted by Crippen LogP contribution is -2.10. The molecule has 0 saturated carbocycles. The van der Waals surface area contributed by atoms with Crippen LogP contribution in [-0.4, -0.2) is 31.0 Å². The zero-order valence-electron chi connectivity index (χ0n) is 11.4. The molecule has 3 aromatic rings. The highest BCUT2D eigenvalue weighted by Gasteiger charge is 2.07. The van der Waals surface area contributed by atoms with Gasteiger partial charge in [-0.2, -0.15) is 4.98 Å². The van der Waals surface area contributed by atoms with Crippen LogP contribution in [0.1, 0.15) is 15.9 Å². The van der Waals surface area contributed by atoms with Gasteiger partial charge in [0.1, 0.15) is 0 Å². The number of aromatic nitrogens is 4. The second-order valence-corrected chi connectivity index (χ2v) is 5.37. The molecule has 114 valence electrons. The van der Waals surface area contributed by atoms with Gasteiger partial charge in [0.2, 0.25) is 5.95 Å². The molecule has 0 bridgehead atoms. The lowest BCUT2D eigenvalue weighted by molar-refractivity contribution is 0.0695. The second kappa shape index (κ2) is 6.56. The predicted molar refractivity (Wildman–Crippen MR) is 89.8 cm³/mol. The number of rotatable bonds is 1. The van der Waals surface area contributed by atoms with Gasteiger partial charge >= 0.3 is 5.97 Å². The van der Waals surface area contributed by atoms with Crippen LogP contribution in [0.4, 0.5) is 5.95 Å². The maximum Gasteiger partial charge on any atom is 0.336 e. The number of fused-ring (bicyclic) bond motifs is 1. The number of anilines is 1. The van der Waals surface area contributed by atoms with Gasteiger partial charge in [-0.3, -0.25) is 9.78 Å². The molecular weight excluding hydrogens is 401 g/mol. The number of imidazole rings is 1. The summed E-state index contributed by atoms with van der Waals surface area (Å²) in [5.74, 6) is -0.785. The van der Waals surface area contributed by atoms with Gasteiger partial charge in [0.05, 0.1) is 11.9 Å². The summed E-state index contributed by atoms with van der Waals surface area (Å²) in [6.45, 7) is 1.90. The molecule has 3 rings (SSSR count). The van der Waals surface area contributed by atoms with Crippen molar-refractivity contribution in [2.24, 2.45) is 0 Å². The molecule has 9 heteroatoms. The number of halogens is 1. The summed E-state index contributed by atoms with van der Waals surface area (Å²) in [7, 11) is 0. The van der Waals surface area contributed by atoms with Crippen LogP contribution in [0.2, 0.25) is 0 Å². The largest absolute Gasteiger partial charge is 0.478 e. The van der Waals surface area contributed by atoms with Crippen molar-refractivity contribution in [1.29, 1.82) is 0 Å². The number of nitrogens with zero attached hydrogens (tertiary/aromatic N) is 2. The van der Waals surface area contributed by atoms with Gasteiger partial charge in [0.15, 0.2) is 11.2 Å². The Morgan fingerprint density at radius 1 is 1.41 bits per heavy atom. The summed E-state index contributed by atoms with van der Waals surface area (Å²) < 4.78 is 0.817. The number of nitrogen functional groups attached to an aromatic ring is 1. The predicted octanol–water partition coefficient (Wildman–Crippen LogP) is 1.53. The highest BCUT2D eigenvalue weighted by atomic mass is 127. The Morgan fingerprint density at radius 3 is 2.77 bits per heavy atom. The number of aromatic carboxylic acids is 1. The average molecular weight is 413 g/mol. The first kappa shape index (κ1) is 15.9. The highest BCUT2D eigenvalue weighted by molar-refractivity contribution is 14.1. The van der Waals surface area contributed by atoms with Crippen LogP contribution in [0.5, 0.6) is 0 Å². The number of aromatic amines is 2. The van der Waals surface area contributed by atoms with Gasteiger partial charge in [-0.25, -0.2) is 9.78 Å². The molecule has 0 fully saturated rings. The van der Waals surface area contributed by atoms with E-state index in [2.05, 4.69) is 19.9 Å². The maximum absolute atomic E-state index is 11.0. The van der Waals surface area contributed by atoms with Gasteiger partial charge in [-0.1, -0.05) is 12.1 Å². The third-order valence-electron chi connectivity index (χ3n) is 2.74. The smallest absolute Gasteiger partial charge is 0.336 e. The fraction of sp³-hybridized carbons (Fsp3) is 0.0769. The summed E-state index contributed by atoms with van der Waals surface area (Å²) in [5.41, 5.74) is 7.03. The molecule has 2 aromatic heterocycles. The van der Waals surface area contributed by atoms with Crippen LogP contribution in [-0.2, 0) is 0 Å². The van der Waals surface area contributed by atoms with Crippen molar-refractivity contribution >= 4 is 45.7 Å². The summed E-state index contributed by atoms with van der Waals surface area (Å²) in [5, 5.41) is 8.69. The fourth-order valence-corrected chi connectivity index (χ4v) is 2.26. The summed E-state index contributed by atoms with van der Waals surface area (Å²) in [6, 6.07) is 5.26. The van der Waals surface area contributed by atoms with Crippen molar-refractivity contribution in [1.82, 2.24) is 19.9 Å². The number of carboxylic acids is 1. The number of carbonyl (C=O) groups is 1. The van der Waals surface area contributed by atoms with Crippen LogP contribution in [0.15, 0.2) is 29.3 Å². The highest BCUT2D eigenvalue weighted by Crippen LogP contribution is 2.16. The minimum Gasteiger partial charge on any atom is -0.478 e. The number of carboxylic acid groups (broad SMARTS) is 1. The molecule has 5 N–H and O–H groups in total. The lowest BCUT2D eigenvalue weighted by Gasteiger charge is -2.00. The van der Waals surface area contributed by atoms with Gasteiger partial charge in [0, 0.05) is 3.57 Å². The second-order valence-electron chi connectivity index (χ2n) is 4.29. The number of nitrogens with one attached hydrogen (secondary N) is 2. The van der Waals surface area contributed by atoms with Gasteiger partial charge in [-0.05, 0) is 41.1 Å². The molecule has 2 heterocycles. The van der Waals surface area contributed by atoms with Crippen molar-refractivity contribution in [3.63, 3.8) is 0 Å². The summed E-state index contributed by atoms with van der Waals surface area (Å²) in [6.07, 6.45) is 1.40. The van der Waals surface area contributed by atoms with Crippen molar-refractivity contribution in [3.05, 3.63) is 49.6 Å². The minimum absolute atomic E-state index is 0.0783. The van der Waals surface area contributed by atoms with E-state index in [1.54, 1.807) is 12.1 Å². The van der Waals surface area contributed by atoms with E-state index < -0.39 is 5.97 Å². The molecule has 8 nitrogen and oxygen atoms in total. The third-order valence-corrected chi connectivity index (χ3v) is 4.17. The average Bonchev–Trinajstić information content (AvgIpc) is 2.90. The normalized spacial score (nSPS) is 10.1. The van der Waals surface area contributed by atoms with E-state index in [9.17, 15) is 9.59 Å². The SMILES string of the molecule is Cc1cccc(C(=O)O)c1I.Nc1nc2nc[nH]c2c(=O)[nH]1. The number of nitrogens with two attached hydrogens (primary N) is 1. The molecule has 0 radical (unpaired) electrons. The summed E-state index contributed by atoms with van der Waals surface area (Å²) >= 11 is 2.04. The van der Waals surface area contributed by atoms with E-state index in [0.29, 0.717) is 16.7 Å². The Labute approximate surface area is 137 Å². The lowest BCUT2D eigenvalue weighted by atomic mass is 10.1. The maximum atomic E-state index is 11.0. The summed E-state index contributed by atoms with van der Waals surface area (Å²) in [4.78, 5) is 34.1. The molecule has 0 saturated heterocycles. The van der Waals surface area contributed by atoms with Crippen LogP contribution in [0, 0.1) is 10.5 Å². The van der Waals surface area contributed by atoms with Gasteiger partial charge in [-0.15, -0.1) is 0 Å².